The summed E-state index contributed by atoms with van der Waals surface area (Å²) in [7, 11) is 3.25. The van der Waals surface area contributed by atoms with Crippen molar-refractivity contribution >= 4 is 11.5 Å². The minimum atomic E-state index is -1.53. The summed E-state index contributed by atoms with van der Waals surface area (Å²) in [6.07, 6.45) is 4.43. The molecule has 0 fully saturated rings. The molecule has 0 aliphatic heterocycles. The molecule has 1 rings (SSSR count). The maximum absolute atomic E-state index is 14.2. The summed E-state index contributed by atoms with van der Waals surface area (Å²) in [5, 5.41) is 2.31. The first-order chi connectivity index (χ1) is 10.3. The Balaban J connectivity index is 3.34. The molecule has 22 heavy (non-hydrogen) atoms. The topological polar surface area (TPSA) is 32.3 Å². The second-order valence-corrected chi connectivity index (χ2v) is 4.88. The lowest BCUT2D eigenvalue weighted by Crippen LogP contribution is -2.24. The number of benzene rings is 1. The van der Waals surface area contributed by atoms with Crippen LogP contribution in [0.2, 0.25) is 0 Å². The zero-order chi connectivity index (χ0) is 16.9. The average Bonchev–Trinajstić information content (AvgIpc) is 2.44. The zero-order valence-corrected chi connectivity index (χ0v) is 12.3. The number of likely N-dealkylation sites (N-methyl/N-ethyl adjacent to an activating group) is 1. The molecule has 7 heteroatoms. The number of nitrogens with zero attached hydrogens (tertiary/aromatic N) is 1. The van der Waals surface area contributed by atoms with Crippen LogP contribution < -0.4 is 5.32 Å². The molecule has 0 saturated heterocycles. The van der Waals surface area contributed by atoms with Crippen LogP contribution in [0, 0.1) is 29.8 Å². The van der Waals surface area contributed by atoms with Crippen LogP contribution in [0.3, 0.4) is 0 Å². The third-order valence-electron chi connectivity index (χ3n) is 2.83. The number of Topliss-reactive ketones (excluding diaryl/α,β-unsaturated/α-hetero) is 1. The number of ketones is 1. The number of alkyl halides is 1. The Morgan fingerprint density at radius 1 is 1.23 bits per heavy atom. The smallest absolute Gasteiger partial charge is 0.177 e. The van der Waals surface area contributed by atoms with E-state index in [2.05, 4.69) is 5.32 Å². The fourth-order valence-electron chi connectivity index (χ4n) is 1.96. The molecule has 0 aliphatic rings. The van der Waals surface area contributed by atoms with Gasteiger partial charge in [0.25, 0.3) is 0 Å². The lowest BCUT2D eigenvalue weighted by atomic mass is 10.0. The number of nitrogens with one attached hydrogen (secondary N) is 1. The quantitative estimate of drug-likeness (QED) is 0.475. The standard InChI is InChI=1S/C15H16F4N2O/c1-4-10-12(17)13(18)11(7-9(22)8-21(2)3)15(14(10)19)20-6-5-16/h1,20H,5-8H2,2-3H3. The molecule has 3 nitrogen and oxygen atoms in total. The first-order valence-corrected chi connectivity index (χ1v) is 6.45. The Hall–Kier alpha value is -2.07. The molecule has 1 aromatic carbocycles. The third kappa shape index (κ3) is 3.98. The maximum Gasteiger partial charge on any atom is 0.177 e. The van der Waals surface area contributed by atoms with Crippen molar-refractivity contribution in [2.75, 3.05) is 39.2 Å². The van der Waals surface area contributed by atoms with E-state index in [1.807, 2.05) is 0 Å². The highest BCUT2D eigenvalue weighted by atomic mass is 19.2. The molecule has 0 unspecified atom stereocenters. The molecule has 120 valence electrons. The van der Waals surface area contributed by atoms with Gasteiger partial charge in [0.1, 0.15) is 12.2 Å². The lowest BCUT2D eigenvalue weighted by Gasteiger charge is -2.16. The molecule has 0 amide bonds. The van der Waals surface area contributed by atoms with Gasteiger partial charge in [0.05, 0.1) is 12.2 Å². The molecule has 0 atom stereocenters. The Kier molecular flexibility index (Phi) is 6.38. The van der Waals surface area contributed by atoms with Gasteiger partial charge >= 0.3 is 0 Å². The molecule has 0 aliphatic carbocycles. The zero-order valence-electron chi connectivity index (χ0n) is 12.3. The Morgan fingerprint density at radius 2 is 1.86 bits per heavy atom. The van der Waals surface area contributed by atoms with Crippen LogP contribution in [-0.2, 0) is 11.2 Å². The highest BCUT2D eigenvalue weighted by Crippen LogP contribution is 2.29. The van der Waals surface area contributed by atoms with Crippen molar-refractivity contribution in [2.45, 2.75) is 6.42 Å². The van der Waals surface area contributed by atoms with E-state index < -0.39 is 53.1 Å². The van der Waals surface area contributed by atoms with E-state index in [9.17, 15) is 22.4 Å². The Labute approximate surface area is 126 Å². The summed E-state index contributed by atoms with van der Waals surface area (Å²) in [5.41, 5.74) is -1.85. The molecule has 0 saturated carbocycles. The van der Waals surface area contributed by atoms with E-state index >= 15 is 0 Å². The van der Waals surface area contributed by atoms with E-state index in [1.54, 1.807) is 20.0 Å². The van der Waals surface area contributed by atoms with Crippen LogP contribution >= 0.6 is 0 Å². The molecule has 1 aromatic rings. The number of hydrogen-bond acceptors (Lipinski definition) is 3. The predicted molar refractivity (Wildman–Crippen MR) is 76.0 cm³/mol. The van der Waals surface area contributed by atoms with Gasteiger partial charge in [-0.25, -0.2) is 17.6 Å². The molecular weight excluding hydrogens is 300 g/mol. The van der Waals surface area contributed by atoms with Crippen LogP contribution in [0.15, 0.2) is 0 Å². The van der Waals surface area contributed by atoms with Gasteiger partial charge in [-0.1, -0.05) is 5.92 Å². The first kappa shape index (κ1) is 18.0. The highest BCUT2D eigenvalue weighted by molar-refractivity contribution is 5.84. The number of carbonyl (C=O) groups excluding carboxylic acids is 1. The number of halogens is 4. The van der Waals surface area contributed by atoms with Crippen LogP contribution in [0.4, 0.5) is 23.2 Å². The minimum absolute atomic E-state index is 0.0257. The van der Waals surface area contributed by atoms with Crippen molar-refractivity contribution in [3.05, 3.63) is 28.6 Å². The fraction of sp³-hybridized carbons (Fsp3) is 0.400. The first-order valence-electron chi connectivity index (χ1n) is 6.45. The van der Waals surface area contributed by atoms with Gasteiger partial charge < -0.3 is 10.2 Å². The van der Waals surface area contributed by atoms with E-state index in [4.69, 9.17) is 6.42 Å². The number of hydrogen-bond donors (Lipinski definition) is 1. The summed E-state index contributed by atoms with van der Waals surface area (Å²) in [6, 6.07) is 0. The van der Waals surface area contributed by atoms with Crippen molar-refractivity contribution < 1.29 is 22.4 Å². The minimum Gasteiger partial charge on any atom is -0.380 e. The summed E-state index contributed by atoms with van der Waals surface area (Å²) in [5.74, 6) is -2.86. The molecule has 0 aromatic heterocycles. The van der Waals surface area contributed by atoms with Gasteiger partial charge in [0, 0.05) is 18.5 Å². The van der Waals surface area contributed by atoms with Gasteiger partial charge in [-0.3, -0.25) is 4.79 Å². The molecular formula is C15H16F4N2O. The van der Waals surface area contributed by atoms with E-state index in [1.165, 1.54) is 4.90 Å². The van der Waals surface area contributed by atoms with Crippen LogP contribution in [0.1, 0.15) is 11.1 Å². The Bertz CT molecular complexity index is 609. The monoisotopic (exact) mass is 316 g/mol. The van der Waals surface area contributed by atoms with E-state index in [0.29, 0.717) is 0 Å². The van der Waals surface area contributed by atoms with Crippen LogP contribution in [-0.4, -0.2) is 44.5 Å². The predicted octanol–water partition coefficient (Wildman–Crippen LogP) is 2.14. The third-order valence-corrected chi connectivity index (χ3v) is 2.83. The molecule has 1 N–H and O–H groups in total. The lowest BCUT2D eigenvalue weighted by molar-refractivity contribution is -0.119. The van der Waals surface area contributed by atoms with Gasteiger partial charge in [-0.2, -0.15) is 0 Å². The summed E-state index contributed by atoms with van der Waals surface area (Å²) >= 11 is 0. The molecule has 0 spiro atoms. The number of anilines is 1. The largest absolute Gasteiger partial charge is 0.380 e. The second-order valence-electron chi connectivity index (χ2n) is 4.88. The van der Waals surface area contributed by atoms with E-state index in [0.717, 1.165) is 0 Å². The van der Waals surface area contributed by atoms with Crippen LogP contribution in [0.5, 0.6) is 0 Å². The van der Waals surface area contributed by atoms with Crippen molar-refractivity contribution in [2.24, 2.45) is 0 Å². The molecule has 0 bridgehead atoms. The Morgan fingerprint density at radius 3 is 2.36 bits per heavy atom. The van der Waals surface area contributed by atoms with E-state index in [-0.39, 0.29) is 13.1 Å². The van der Waals surface area contributed by atoms with Crippen molar-refractivity contribution in [1.82, 2.24) is 4.90 Å². The van der Waals surface area contributed by atoms with Gasteiger partial charge in [0.2, 0.25) is 0 Å². The number of rotatable bonds is 7. The van der Waals surface area contributed by atoms with Crippen molar-refractivity contribution in [1.29, 1.82) is 0 Å². The van der Waals surface area contributed by atoms with Crippen molar-refractivity contribution in [3.8, 4) is 12.3 Å². The van der Waals surface area contributed by atoms with Gasteiger partial charge in [0.15, 0.2) is 23.2 Å². The summed E-state index contributed by atoms with van der Waals surface area (Å²) in [4.78, 5) is 13.3. The highest BCUT2D eigenvalue weighted by Gasteiger charge is 2.25. The second kappa shape index (κ2) is 7.80. The average molecular weight is 316 g/mol. The fourth-order valence-corrected chi connectivity index (χ4v) is 1.96. The number of terminal acetylenes is 1. The molecule has 0 heterocycles. The van der Waals surface area contributed by atoms with Crippen LogP contribution in [0.25, 0.3) is 0 Å². The maximum atomic E-state index is 14.2. The summed E-state index contributed by atoms with van der Waals surface area (Å²) < 4.78 is 54.3. The molecule has 0 radical (unpaired) electrons. The summed E-state index contributed by atoms with van der Waals surface area (Å²) in [6.45, 7) is -1.20. The van der Waals surface area contributed by atoms with Gasteiger partial charge in [-0.05, 0) is 14.1 Å². The SMILES string of the molecule is C#Cc1c(F)c(F)c(CC(=O)CN(C)C)c(NCCF)c1F. The number of carbonyl (C=O) groups is 1. The normalized spacial score (nSPS) is 10.6. The van der Waals surface area contributed by atoms with Crippen molar-refractivity contribution in [3.63, 3.8) is 0 Å². The van der Waals surface area contributed by atoms with Gasteiger partial charge in [-0.15, -0.1) is 6.42 Å².